The van der Waals surface area contributed by atoms with E-state index < -0.39 is 8.32 Å². The molecule has 0 N–H and O–H groups in total. The lowest BCUT2D eigenvalue weighted by Gasteiger charge is -2.32. The minimum atomic E-state index is -1.56. The highest BCUT2D eigenvalue weighted by molar-refractivity contribution is 8.14. The predicted octanol–water partition coefficient (Wildman–Crippen LogP) is 6.05. The van der Waals surface area contributed by atoms with E-state index >= 15 is 0 Å². The lowest BCUT2D eigenvalue weighted by molar-refractivity contribution is 0.277. The monoisotopic (exact) mass is 341 g/mol. The molecule has 128 valence electrons. The molecular formula is C18H35NOSSi. The Morgan fingerprint density at radius 2 is 1.68 bits per heavy atom. The predicted molar refractivity (Wildman–Crippen MR) is 105 cm³/mol. The van der Waals surface area contributed by atoms with Crippen molar-refractivity contribution in [2.75, 3.05) is 12.4 Å². The summed E-state index contributed by atoms with van der Waals surface area (Å²) in [6.07, 6.45) is 9.73. The molecule has 0 aromatic carbocycles. The molecule has 4 heteroatoms. The van der Waals surface area contributed by atoms with Crippen molar-refractivity contribution in [1.82, 2.24) is 0 Å². The zero-order valence-electron chi connectivity index (χ0n) is 14.9. The van der Waals surface area contributed by atoms with Crippen molar-refractivity contribution in [3.63, 3.8) is 0 Å². The molecule has 0 radical (unpaired) electrons. The smallest absolute Gasteiger partial charge is 0.192 e. The Morgan fingerprint density at radius 1 is 1.14 bits per heavy atom. The Bertz CT molecular complexity index is 324. The highest BCUT2D eigenvalue weighted by atomic mass is 32.2. The molecule has 2 nitrogen and oxygen atoms in total. The van der Waals surface area contributed by atoms with Crippen LogP contribution in [0.5, 0.6) is 0 Å². The van der Waals surface area contributed by atoms with E-state index in [2.05, 4.69) is 27.4 Å². The first-order valence-electron chi connectivity index (χ1n) is 9.16. The summed E-state index contributed by atoms with van der Waals surface area (Å²) in [5.41, 5.74) is 0. The van der Waals surface area contributed by atoms with E-state index in [1.54, 1.807) is 0 Å². The van der Waals surface area contributed by atoms with Crippen LogP contribution in [-0.4, -0.2) is 31.8 Å². The molecule has 1 atom stereocenters. The second-order valence-electron chi connectivity index (χ2n) is 6.44. The van der Waals surface area contributed by atoms with Gasteiger partial charge in [0, 0.05) is 5.75 Å². The fourth-order valence-electron chi connectivity index (χ4n) is 2.99. The van der Waals surface area contributed by atoms with Gasteiger partial charge in [-0.2, -0.15) is 0 Å². The second-order valence-corrected chi connectivity index (χ2v) is 11.6. The summed E-state index contributed by atoms with van der Waals surface area (Å²) in [5.74, 6) is 1.07. The van der Waals surface area contributed by atoms with Crippen LogP contribution in [0.4, 0.5) is 0 Å². The Kier molecular flexibility index (Phi) is 10.4. The third-order valence-corrected chi connectivity index (χ3v) is 10.1. The topological polar surface area (TPSA) is 21.6 Å². The van der Waals surface area contributed by atoms with Crippen LogP contribution in [0.3, 0.4) is 0 Å². The van der Waals surface area contributed by atoms with Gasteiger partial charge in [0.15, 0.2) is 8.32 Å². The lowest BCUT2D eigenvalue weighted by Crippen LogP contribution is -2.40. The summed E-state index contributed by atoms with van der Waals surface area (Å²) in [5, 5.41) is 1.09. The molecular weight excluding hydrogens is 306 g/mol. The van der Waals surface area contributed by atoms with Gasteiger partial charge in [-0.25, -0.2) is 0 Å². The van der Waals surface area contributed by atoms with Gasteiger partial charge in [-0.15, -0.1) is 11.8 Å². The molecule has 0 fully saturated rings. The van der Waals surface area contributed by atoms with E-state index in [-0.39, 0.29) is 0 Å². The van der Waals surface area contributed by atoms with Crippen molar-refractivity contribution in [3.05, 3.63) is 12.7 Å². The van der Waals surface area contributed by atoms with Gasteiger partial charge in [-0.1, -0.05) is 65.9 Å². The third-order valence-electron chi connectivity index (χ3n) is 4.45. The Labute approximate surface area is 143 Å². The largest absolute Gasteiger partial charge is 0.415 e. The number of rotatable bonds is 13. The molecule has 0 saturated carbocycles. The van der Waals surface area contributed by atoms with Crippen LogP contribution in [0.15, 0.2) is 17.6 Å². The number of nitrogens with zero attached hydrogens (tertiary/aromatic N) is 1. The number of aliphatic imine (C=N–C) groups is 1. The maximum absolute atomic E-state index is 6.70. The molecule has 1 rings (SSSR count). The van der Waals surface area contributed by atoms with Crippen LogP contribution >= 0.6 is 11.8 Å². The standard InChI is InChI=1S/C18H35NOSSi/c1-5-9-12-22(13-10-6-2,14-11-7-3)20-15-17-16-21-18(8-4)19-17/h8,17H,4-7,9-16H2,1-3H3. The quantitative estimate of drug-likeness (QED) is 0.380. The molecule has 0 saturated heterocycles. The second kappa shape index (κ2) is 11.5. The normalized spacial score (nSPS) is 18.5. The zero-order valence-corrected chi connectivity index (χ0v) is 16.7. The average molecular weight is 342 g/mol. The molecule has 0 spiro atoms. The summed E-state index contributed by atoms with van der Waals surface area (Å²) in [6, 6.07) is 4.40. The molecule has 0 aliphatic carbocycles. The van der Waals surface area contributed by atoms with Crippen molar-refractivity contribution < 1.29 is 4.43 Å². The third kappa shape index (κ3) is 7.01. The first kappa shape index (κ1) is 20.0. The van der Waals surface area contributed by atoms with Gasteiger partial charge in [-0.05, 0) is 24.2 Å². The van der Waals surface area contributed by atoms with Gasteiger partial charge < -0.3 is 4.43 Å². The van der Waals surface area contributed by atoms with Gasteiger partial charge in [0.25, 0.3) is 0 Å². The summed E-state index contributed by atoms with van der Waals surface area (Å²) in [6.45, 7) is 11.6. The van der Waals surface area contributed by atoms with Gasteiger partial charge in [0.2, 0.25) is 0 Å². The maximum Gasteiger partial charge on any atom is 0.192 e. The Balaban J connectivity index is 2.64. The van der Waals surface area contributed by atoms with E-state index in [9.17, 15) is 0 Å². The van der Waals surface area contributed by atoms with E-state index in [4.69, 9.17) is 9.42 Å². The SMILES string of the molecule is C=CC1=NC(CO[Si](CCCC)(CCCC)CCCC)CS1. The van der Waals surface area contributed by atoms with Crippen molar-refractivity contribution in [3.8, 4) is 0 Å². The highest BCUT2D eigenvalue weighted by Crippen LogP contribution is 2.31. The molecule has 1 heterocycles. The van der Waals surface area contributed by atoms with Crippen molar-refractivity contribution in [1.29, 1.82) is 0 Å². The van der Waals surface area contributed by atoms with Gasteiger partial charge >= 0.3 is 0 Å². The van der Waals surface area contributed by atoms with Crippen molar-refractivity contribution in [2.45, 2.75) is 83.5 Å². The Morgan fingerprint density at radius 3 is 2.09 bits per heavy atom. The first-order valence-corrected chi connectivity index (χ1v) is 12.7. The highest BCUT2D eigenvalue weighted by Gasteiger charge is 2.34. The average Bonchev–Trinajstić information content (AvgIpc) is 3.01. The number of hydrogen-bond donors (Lipinski definition) is 0. The fraction of sp³-hybridized carbons (Fsp3) is 0.833. The van der Waals surface area contributed by atoms with Crippen LogP contribution < -0.4 is 0 Å². The van der Waals surface area contributed by atoms with Crippen molar-refractivity contribution in [2.24, 2.45) is 4.99 Å². The molecule has 22 heavy (non-hydrogen) atoms. The summed E-state index contributed by atoms with van der Waals surface area (Å²) >= 11 is 1.82. The van der Waals surface area contributed by atoms with Crippen LogP contribution in [0.2, 0.25) is 18.1 Å². The molecule has 0 amide bonds. The minimum Gasteiger partial charge on any atom is -0.415 e. The summed E-state index contributed by atoms with van der Waals surface area (Å²) < 4.78 is 6.70. The molecule has 0 aromatic rings. The lowest BCUT2D eigenvalue weighted by atomic mass is 10.4. The van der Waals surface area contributed by atoms with Gasteiger partial charge in [0.05, 0.1) is 17.7 Å². The van der Waals surface area contributed by atoms with Crippen molar-refractivity contribution >= 4 is 25.1 Å². The zero-order chi connectivity index (χ0) is 16.3. The molecule has 1 unspecified atom stereocenters. The van der Waals surface area contributed by atoms with E-state index in [0.29, 0.717) is 6.04 Å². The van der Waals surface area contributed by atoms with Crippen LogP contribution in [0, 0.1) is 0 Å². The minimum absolute atomic E-state index is 0.356. The number of unbranched alkanes of at least 4 members (excludes halogenated alkanes) is 3. The molecule has 1 aliphatic rings. The van der Waals surface area contributed by atoms with Gasteiger partial charge in [-0.3, -0.25) is 4.99 Å². The number of thioether (sulfide) groups is 1. The summed E-state index contributed by atoms with van der Waals surface area (Å²) in [7, 11) is -1.56. The van der Waals surface area contributed by atoms with E-state index in [1.807, 2.05) is 17.8 Å². The van der Waals surface area contributed by atoms with Crippen LogP contribution in [0.1, 0.15) is 59.3 Å². The molecule has 0 aromatic heterocycles. The van der Waals surface area contributed by atoms with Crippen LogP contribution in [0.25, 0.3) is 0 Å². The molecule has 1 aliphatic heterocycles. The van der Waals surface area contributed by atoms with Crippen LogP contribution in [-0.2, 0) is 4.43 Å². The maximum atomic E-state index is 6.70. The van der Waals surface area contributed by atoms with E-state index in [0.717, 1.165) is 17.4 Å². The molecule has 0 bridgehead atoms. The summed E-state index contributed by atoms with van der Waals surface area (Å²) in [4.78, 5) is 4.71. The Hall–Kier alpha value is -0.0631. The van der Waals surface area contributed by atoms with E-state index in [1.165, 1.54) is 56.7 Å². The van der Waals surface area contributed by atoms with Gasteiger partial charge in [0.1, 0.15) is 0 Å². The first-order chi connectivity index (χ1) is 10.7. The number of hydrogen-bond acceptors (Lipinski definition) is 3. The fourth-order valence-corrected chi connectivity index (χ4v) is 8.59.